The van der Waals surface area contributed by atoms with Crippen molar-refractivity contribution in [2.75, 3.05) is 5.73 Å². The van der Waals surface area contributed by atoms with Gasteiger partial charge < -0.3 is 10.5 Å². The Morgan fingerprint density at radius 2 is 1.89 bits per heavy atom. The fraction of sp³-hybridized carbons (Fsp3) is 0.0714. The number of rotatable bonds is 3. The Morgan fingerprint density at radius 3 is 2.58 bits per heavy atom. The fourth-order valence-corrected chi connectivity index (χ4v) is 2.27. The maximum Gasteiger partial charge on any atom is 0.339 e. The number of carbonyl (C=O) groups is 1. The van der Waals surface area contributed by atoms with E-state index >= 15 is 0 Å². The number of nitrogens with two attached hydrogens (primary N) is 1. The molecule has 0 heterocycles. The summed E-state index contributed by atoms with van der Waals surface area (Å²) in [5.74, 6) is -0.391. The Hall–Kier alpha value is -1.08. The highest BCUT2D eigenvalue weighted by Gasteiger charge is 2.12. The smallest absolute Gasteiger partial charge is 0.339 e. The molecule has 0 aliphatic carbocycles. The first-order valence-electron chi connectivity index (χ1n) is 5.53. The van der Waals surface area contributed by atoms with E-state index in [1.54, 1.807) is 18.2 Å². The van der Waals surface area contributed by atoms with Crippen LogP contribution >= 0.6 is 38.5 Å². The molecule has 2 rings (SSSR count). The largest absolute Gasteiger partial charge is 0.457 e. The lowest BCUT2D eigenvalue weighted by atomic mass is 10.2. The molecular formula is C14H11BrINO2. The van der Waals surface area contributed by atoms with Crippen LogP contribution < -0.4 is 5.73 Å². The van der Waals surface area contributed by atoms with Crippen LogP contribution in [0.15, 0.2) is 46.9 Å². The molecule has 98 valence electrons. The summed E-state index contributed by atoms with van der Waals surface area (Å²) in [6.07, 6.45) is 0. The number of esters is 1. The highest BCUT2D eigenvalue weighted by Crippen LogP contribution is 2.21. The molecule has 0 bridgehead atoms. The van der Waals surface area contributed by atoms with Gasteiger partial charge in [-0.15, -0.1) is 0 Å². The van der Waals surface area contributed by atoms with Gasteiger partial charge in [-0.25, -0.2) is 4.79 Å². The molecule has 0 unspecified atom stereocenters. The van der Waals surface area contributed by atoms with Gasteiger partial charge >= 0.3 is 5.97 Å². The minimum atomic E-state index is -0.391. The predicted octanol–water partition coefficient (Wildman–Crippen LogP) is 3.99. The summed E-state index contributed by atoms with van der Waals surface area (Å²) in [5, 5.41) is 0. The van der Waals surface area contributed by atoms with Gasteiger partial charge in [0, 0.05) is 13.7 Å². The molecule has 0 fully saturated rings. The second-order valence-corrected chi connectivity index (χ2v) is 6.04. The van der Waals surface area contributed by atoms with Crippen LogP contribution in [0, 0.1) is 3.57 Å². The molecule has 0 saturated carbocycles. The van der Waals surface area contributed by atoms with Crippen molar-refractivity contribution in [1.29, 1.82) is 0 Å². The van der Waals surface area contributed by atoms with E-state index in [0.29, 0.717) is 15.7 Å². The van der Waals surface area contributed by atoms with Crippen LogP contribution in [0.25, 0.3) is 0 Å². The summed E-state index contributed by atoms with van der Waals surface area (Å²) in [6.45, 7) is 0.247. The zero-order valence-electron chi connectivity index (χ0n) is 9.90. The lowest BCUT2D eigenvalue weighted by Gasteiger charge is -2.07. The van der Waals surface area contributed by atoms with E-state index in [2.05, 4.69) is 38.5 Å². The van der Waals surface area contributed by atoms with E-state index in [4.69, 9.17) is 10.5 Å². The van der Waals surface area contributed by atoms with Gasteiger partial charge in [-0.1, -0.05) is 12.1 Å². The number of hydrogen-bond acceptors (Lipinski definition) is 3. The van der Waals surface area contributed by atoms with Crippen molar-refractivity contribution in [2.24, 2.45) is 0 Å². The predicted molar refractivity (Wildman–Crippen MR) is 86.8 cm³/mol. The zero-order chi connectivity index (χ0) is 13.8. The van der Waals surface area contributed by atoms with E-state index < -0.39 is 5.97 Å². The summed E-state index contributed by atoms with van der Waals surface area (Å²) in [4.78, 5) is 11.9. The Morgan fingerprint density at radius 1 is 1.21 bits per heavy atom. The van der Waals surface area contributed by atoms with Crippen LogP contribution in [0.2, 0.25) is 0 Å². The number of hydrogen-bond donors (Lipinski definition) is 1. The van der Waals surface area contributed by atoms with Crippen LogP contribution in [-0.4, -0.2) is 5.97 Å². The van der Waals surface area contributed by atoms with E-state index in [1.807, 2.05) is 24.3 Å². The normalized spacial score (nSPS) is 10.2. The summed E-state index contributed by atoms with van der Waals surface area (Å²) < 4.78 is 7.08. The summed E-state index contributed by atoms with van der Waals surface area (Å²) in [7, 11) is 0. The highest BCUT2D eigenvalue weighted by atomic mass is 127. The van der Waals surface area contributed by atoms with Gasteiger partial charge in [0.15, 0.2) is 0 Å². The molecular weight excluding hydrogens is 421 g/mol. The standard InChI is InChI=1S/C14H11BrINO2/c15-13-6-5-11(17)7-12(13)14(18)19-8-9-1-3-10(16)4-2-9/h1-7H,8,17H2. The first-order chi connectivity index (χ1) is 9.06. The average Bonchev–Trinajstić information content (AvgIpc) is 2.40. The van der Waals surface area contributed by atoms with E-state index in [1.165, 1.54) is 0 Å². The van der Waals surface area contributed by atoms with Gasteiger partial charge in [-0.3, -0.25) is 0 Å². The van der Waals surface area contributed by atoms with Gasteiger partial charge in [0.1, 0.15) is 6.61 Å². The molecule has 0 saturated heterocycles. The molecule has 5 heteroatoms. The maximum absolute atomic E-state index is 11.9. The van der Waals surface area contributed by atoms with Crippen molar-refractivity contribution in [3.05, 3.63) is 61.6 Å². The fourth-order valence-electron chi connectivity index (χ4n) is 1.51. The zero-order valence-corrected chi connectivity index (χ0v) is 13.6. The molecule has 0 amide bonds. The van der Waals surface area contributed by atoms with Crippen LogP contribution in [0.3, 0.4) is 0 Å². The van der Waals surface area contributed by atoms with E-state index in [9.17, 15) is 4.79 Å². The average molecular weight is 432 g/mol. The molecule has 0 aliphatic heterocycles. The van der Waals surface area contributed by atoms with E-state index in [-0.39, 0.29) is 6.61 Å². The van der Waals surface area contributed by atoms with Gasteiger partial charge in [-0.2, -0.15) is 0 Å². The van der Waals surface area contributed by atoms with Gasteiger partial charge in [-0.05, 0) is 74.4 Å². The number of benzene rings is 2. The molecule has 19 heavy (non-hydrogen) atoms. The number of nitrogen functional groups attached to an aromatic ring is 1. The molecule has 0 radical (unpaired) electrons. The van der Waals surface area contributed by atoms with Crippen molar-refractivity contribution >= 4 is 50.2 Å². The quantitative estimate of drug-likeness (QED) is 0.454. The minimum Gasteiger partial charge on any atom is -0.457 e. The Labute approximate surface area is 133 Å². The van der Waals surface area contributed by atoms with Crippen molar-refractivity contribution in [3.8, 4) is 0 Å². The first kappa shape index (κ1) is 14.3. The van der Waals surface area contributed by atoms with Gasteiger partial charge in [0.2, 0.25) is 0 Å². The van der Waals surface area contributed by atoms with Crippen LogP contribution in [0.4, 0.5) is 5.69 Å². The van der Waals surface area contributed by atoms with Crippen LogP contribution in [0.1, 0.15) is 15.9 Å². The SMILES string of the molecule is Nc1ccc(Br)c(C(=O)OCc2ccc(I)cc2)c1. The first-order valence-corrected chi connectivity index (χ1v) is 7.40. The van der Waals surface area contributed by atoms with Crippen molar-refractivity contribution in [3.63, 3.8) is 0 Å². The number of anilines is 1. The Kier molecular flexibility index (Phi) is 4.81. The monoisotopic (exact) mass is 431 g/mol. The minimum absolute atomic E-state index is 0.247. The molecule has 0 spiro atoms. The Bertz CT molecular complexity index is 599. The third-order valence-electron chi connectivity index (χ3n) is 2.49. The van der Waals surface area contributed by atoms with Crippen LogP contribution in [-0.2, 0) is 11.3 Å². The molecule has 0 aliphatic rings. The summed E-state index contributed by atoms with van der Waals surface area (Å²) >= 11 is 5.54. The number of halogens is 2. The molecule has 0 aromatic heterocycles. The van der Waals surface area contributed by atoms with Crippen molar-refractivity contribution in [1.82, 2.24) is 0 Å². The lowest BCUT2D eigenvalue weighted by molar-refractivity contribution is 0.0471. The molecule has 2 aromatic rings. The van der Waals surface area contributed by atoms with Gasteiger partial charge in [0.05, 0.1) is 5.56 Å². The van der Waals surface area contributed by atoms with E-state index in [0.717, 1.165) is 9.13 Å². The number of carbonyl (C=O) groups excluding carboxylic acids is 1. The lowest BCUT2D eigenvalue weighted by Crippen LogP contribution is -2.06. The molecule has 3 nitrogen and oxygen atoms in total. The molecule has 2 N–H and O–H groups in total. The molecule has 0 atom stereocenters. The summed E-state index contributed by atoms with van der Waals surface area (Å²) in [6, 6.07) is 12.9. The van der Waals surface area contributed by atoms with Crippen molar-refractivity contribution < 1.29 is 9.53 Å². The maximum atomic E-state index is 11.9. The number of ether oxygens (including phenoxy) is 1. The topological polar surface area (TPSA) is 52.3 Å². The molecule has 2 aromatic carbocycles. The second-order valence-electron chi connectivity index (χ2n) is 3.94. The second kappa shape index (κ2) is 6.38. The third-order valence-corrected chi connectivity index (χ3v) is 3.90. The summed E-state index contributed by atoms with van der Waals surface area (Å²) in [5.41, 5.74) is 7.58. The Balaban J connectivity index is 2.05. The van der Waals surface area contributed by atoms with Crippen LogP contribution in [0.5, 0.6) is 0 Å². The van der Waals surface area contributed by atoms with Crippen molar-refractivity contribution in [2.45, 2.75) is 6.61 Å². The highest BCUT2D eigenvalue weighted by molar-refractivity contribution is 14.1. The third kappa shape index (κ3) is 3.94. The van der Waals surface area contributed by atoms with Gasteiger partial charge in [0.25, 0.3) is 0 Å².